The first-order chi connectivity index (χ1) is 12.9. The van der Waals surface area contributed by atoms with Gasteiger partial charge in [0.1, 0.15) is 11.5 Å². The van der Waals surface area contributed by atoms with Gasteiger partial charge < -0.3 is 14.7 Å². The number of hydrogen-bond acceptors (Lipinski definition) is 6. The molecular weight excluding hydrogens is 342 g/mol. The van der Waals surface area contributed by atoms with E-state index in [1.165, 1.54) is 0 Å². The lowest BCUT2D eigenvalue weighted by molar-refractivity contribution is 0.0684. The highest BCUT2D eigenvalue weighted by atomic mass is 16.5. The van der Waals surface area contributed by atoms with Gasteiger partial charge in [-0.2, -0.15) is 0 Å². The lowest BCUT2D eigenvalue weighted by atomic mass is 10.1. The summed E-state index contributed by atoms with van der Waals surface area (Å²) in [5.41, 5.74) is 2.11. The molecule has 1 aromatic carbocycles. The van der Waals surface area contributed by atoms with E-state index < -0.39 is 0 Å². The summed E-state index contributed by atoms with van der Waals surface area (Å²) in [5.74, 6) is 1.35. The third-order valence-electron chi connectivity index (χ3n) is 4.02. The molecule has 0 aliphatic carbocycles. The molecule has 27 heavy (non-hydrogen) atoms. The molecule has 2 aromatic heterocycles. The zero-order valence-corrected chi connectivity index (χ0v) is 15.9. The SMILES string of the molecule is Cc1cc(C(=O)N(Cc2ccccc2)C(C)C)nc(Nc2cc(C)on2)n1. The molecule has 7 nitrogen and oxygen atoms in total. The normalized spacial score (nSPS) is 10.9. The van der Waals surface area contributed by atoms with Crippen LogP contribution in [0.5, 0.6) is 0 Å². The van der Waals surface area contributed by atoms with Crippen LogP contribution in [0.15, 0.2) is 47.0 Å². The number of aryl methyl sites for hydroxylation is 2. The van der Waals surface area contributed by atoms with E-state index in [1.54, 1.807) is 24.0 Å². The van der Waals surface area contributed by atoms with Crippen LogP contribution in [-0.4, -0.2) is 32.0 Å². The van der Waals surface area contributed by atoms with Gasteiger partial charge in [-0.15, -0.1) is 0 Å². The lowest BCUT2D eigenvalue weighted by Crippen LogP contribution is -2.37. The summed E-state index contributed by atoms with van der Waals surface area (Å²) < 4.78 is 5.04. The first kappa shape index (κ1) is 18.6. The largest absolute Gasteiger partial charge is 0.360 e. The summed E-state index contributed by atoms with van der Waals surface area (Å²) in [6.45, 7) is 8.13. The number of nitrogens with zero attached hydrogens (tertiary/aromatic N) is 4. The van der Waals surface area contributed by atoms with Crippen molar-refractivity contribution in [3.8, 4) is 0 Å². The number of hydrogen-bond donors (Lipinski definition) is 1. The van der Waals surface area contributed by atoms with Gasteiger partial charge in [-0.25, -0.2) is 9.97 Å². The first-order valence-corrected chi connectivity index (χ1v) is 8.83. The Morgan fingerprint density at radius 2 is 1.89 bits per heavy atom. The van der Waals surface area contributed by atoms with Crippen LogP contribution >= 0.6 is 0 Å². The molecule has 0 aliphatic rings. The third kappa shape index (κ3) is 4.69. The monoisotopic (exact) mass is 365 g/mol. The molecule has 3 rings (SSSR count). The molecular formula is C20H23N5O2. The standard InChI is InChI=1S/C20H23N5O2/c1-13(2)25(12-16-8-6-5-7-9-16)19(26)17-10-14(3)21-20(22-17)23-18-11-15(4)27-24-18/h5-11,13H,12H2,1-4H3,(H,21,22,23,24). The number of carbonyl (C=O) groups is 1. The predicted molar refractivity (Wildman–Crippen MR) is 103 cm³/mol. The molecule has 0 saturated carbocycles. The fraction of sp³-hybridized carbons (Fsp3) is 0.300. The van der Waals surface area contributed by atoms with Gasteiger partial charge in [0.2, 0.25) is 5.95 Å². The van der Waals surface area contributed by atoms with E-state index in [1.807, 2.05) is 51.1 Å². The molecule has 3 aromatic rings. The number of benzene rings is 1. The Kier molecular flexibility index (Phi) is 5.49. The summed E-state index contributed by atoms with van der Waals surface area (Å²) in [6.07, 6.45) is 0. The highest BCUT2D eigenvalue weighted by molar-refractivity contribution is 5.93. The number of amides is 1. The number of nitrogens with one attached hydrogen (secondary N) is 1. The van der Waals surface area contributed by atoms with Crippen molar-refractivity contribution in [1.29, 1.82) is 0 Å². The van der Waals surface area contributed by atoms with Crippen molar-refractivity contribution in [1.82, 2.24) is 20.0 Å². The first-order valence-electron chi connectivity index (χ1n) is 8.83. The van der Waals surface area contributed by atoms with Crippen LogP contribution < -0.4 is 5.32 Å². The van der Waals surface area contributed by atoms with Gasteiger partial charge in [0.15, 0.2) is 5.82 Å². The van der Waals surface area contributed by atoms with E-state index in [0.717, 1.165) is 5.56 Å². The van der Waals surface area contributed by atoms with Gasteiger partial charge in [0.25, 0.3) is 5.91 Å². The van der Waals surface area contributed by atoms with Crippen LogP contribution in [0.3, 0.4) is 0 Å². The fourth-order valence-electron chi connectivity index (χ4n) is 2.69. The molecule has 0 atom stereocenters. The van der Waals surface area contributed by atoms with Crippen LogP contribution in [0.1, 0.15) is 41.4 Å². The van der Waals surface area contributed by atoms with Crippen molar-refractivity contribution >= 4 is 17.7 Å². The third-order valence-corrected chi connectivity index (χ3v) is 4.02. The van der Waals surface area contributed by atoms with Crippen LogP contribution in [-0.2, 0) is 6.54 Å². The van der Waals surface area contributed by atoms with E-state index in [2.05, 4.69) is 20.4 Å². The maximum Gasteiger partial charge on any atom is 0.273 e. The molecule has 0 aliphatic heterocycles. The Bertz CT molecular complexity index is 921. The second kappa shape index (κ2) is 7.99. The average molecular weight is 365 g/mol. The second-order valence-corrected chi connectivity index (χ2v) is 6.68. The number of anilines is 2. The summed E-state index contributed by atoms with van der Waals surface area (Å²) in [7, 11) is 0. The van der Waals surface area contributed by atoms with E-state index in [9.17, 15) is 4.79 Å². The molecule has 2 heterocycles. The van der Waals surface area contributed by atoms with Gasteiger partial charge in [0.05, 0.1) is 0 Å². The smallest absolute Gasteiger partial charge is 0.273 e. The van der Waals surface area contributed by atoms with E-state index in [0.29, 0.717) is 35.5 Å². The topological polar surface area (TPSA) is 84.2 Å². The van der Waals surface area contributed by atoms with Crippen LogP contribution in [0.4, 0.5) is 11.8 Å². The molecule has 0 saturated heterocycles. The van der Waals surface area contributed by atoms with Crippen LogP contribution in [0.2, 0.25) is 0 Å². The van der Waals surface area contributed by atoms with E-state index in [4.69, 9.17) is 4.52 Å². The minimum atomic E-state index is -0.140. The predicted octanol–water partition coefficient (Wildman–Crippen LogP) is 3.88. The van der Waals surface area contributed by atoms with Gasteiger partial charge in [-0.3, -0.25) is 4.79 Å². The number of carbonyl (C=O) groups excluding carboxylic acids is 1. The van der Waals surface area contributed by atoms with Crippen LogP contribution in [0, 0.1) is 13.8 Å². The highest BCUT2D eigenvalue weighted by Gasteiger charge is 2.21. The molecule has 0 bridgehead atoms. The maximum absolute atomic E-state index is 13.1. The summed E-state index contributed by atoms with van der Waals surface area (Å²) >= 11 is 0. The number of aromatic nitrogens is 3. The molecule has 140 valence electrons. The zero-order valence-electron chi connectivity index (χ0n) is 15.9. The van der Waals surface area contributed by atoms with Crippen molar-refractivity contribution in [3.63, 3.8) is 0 Å². The minimum Gasteiger partial charge on any atom is -0.360 e. The number of rotatable bonds is 6. The Balaban J connectivity index is 1.85. The summed E-state index contributed by atoms with van der Waals surface area (Å²) in [4.78, 5) is 23.6. The molecule has 0 fully saturated rings. The Morgan fingerprint density at radius 3 is 2.52 bits per heavy atom. The van der Waals surface area contributed by atoms with Gasteiger partial charge >= 0.3 is 0 Å². The molecule has 1 N–H and O–H groups in total. The molecule has 0 radical (unpaired) electrons. The maximum atomic E-state index is 13.1. The minimum absolute atomic E-state index is 0.0302. The van der Waals surface area contributed by atoms with Crippen molar-refractivity contribution in [2.24, 2.45) is 0 Å². The van der Waals surface area contributed by atoms with Crippen molar-refractivity contribution in [2.75, 3.05) is 5.32 Å². The lowest BCUT2D eigenvalue weighted by Gasteiger charge is -2.26. The molecule has 7 heteroatoms. The van der Waals surface area contributed by atoms with Crippen molar-refractivity contribution < 1.29 is 9.32 Å². The zero-order chi connectivity index (χ0) is 19.4. The Labute approximate surface area is 158 Å². The summed E-state index contributed by atoms with van der Waals surface area (Å²) in [5, 5.41) is 6.85. The highest BCUT2D eigenvalue weighted by Crippen LogP contribution is 2.17. The molecule has 0 unspecified atom stereocenters. The second-order valence-electron chi connectivity index (χ2n) is 6.68. The quantitative estimate of drug-likeness (QED) is 0.714. The Morgan fingerprint density at radius 1 is 1.15 bits per heavy atom. The van der Waals surface area contributed by atoms with E-state index >= 15 is 0 Å². The molecule has 0 spiro atoms. The summed E-state index contributed by atoms with van der Waals surface area (Å²) in [6, 6.07) is 13.4. The van der Waals surface area contributed by atoms with Gasteiger partial charge in [-0.1, -0.05) is 35.5 Å². The molecule has 1 amide bonds. The van der Waals surface area contributed by atoms with E-state index in [-0.39, 0.29) is 11.9 Å². The van der Waals surface area contributed by atoms with Crippen molar-refractivity contribution in [2.45, 2.75) is 40.3 Å². The van der Waals surface area contributed by atoms with Gasteiger partial charge in [-0.05, 0) is 39.3 Å². The van der Waals surface area contributed by atoms with Crippen molar-refractivity contribution in [3.05, 3.63) is 65.2 Å². The van der Waals surface area contributed by atoms with Crippen LogP contribution in [0.25, 0.3) is 0 Å². The average Bonchev–Trinajstić information content (AvgIpc) is 3.04. The Hall–Kier alpha value is -3.22. The van der Waals surface area contributed by atoms with Gasteiger partial charge in [0, 0.05) is 24.3 Å². The fourth-order valence-corrected chi connectivity index (χ4v) is 2.69.